The molecule has 6 heteroatoms. The van der Waals surface area contributed by atoms with Gasteiger partial charge in [-0.25, -0.2) is 18.4 Å². The van der Waals surface area contributed by atoms with Gasteiger partial charge in [-0.15, -0.1) is 0 Å². The van der Waals surface area contributed by atoms with Crippen LogP contribution in [-0.4, -0.2) is 11.9 Å². The van der Waals surface area contributed by atoms with E-state index in [4.69, 9.17) is 9.47 Å². The van der Waals surface area contributed by atoms with Crippen LogP contribution in [0.15, 0.2) is 84.9 Å². The number of hydrogen-bond acceptors (Lipinski definition) is 4. The number of ether oxygens (including phenoxy) is 2. The molecule has 0 saturated heterocycles. The van der Waals surface area contributed by atoms with Gasteiger partial charge in [-0.2, -0.15) is 0 Å². The van der Waals surface area contributed by atoms with E-state index in [0.29, 0.717) is 11.8 Å². The van der Waals surface area contributed by atoms with Crippen LogP contribution in [0.25, 0.3) is 10.8 Å². The van der Waals surface area contributed by atoms with Crippen molar-refractivity contribution < 1.29 is 27.8 Å². The molecule has 0 aliphatic rings. The maximum absolute atomic E-state index is 13.3. The molecule has 0 N–H and O–H groups in total. The zero-order chi connectivity index (χ0) is 21.1. The number of benzene rings is 4. The summed E-state index contributed by atoms with van der Waals surface area (Å²) in [5.74, 6) is -3.47. The minimum atomic E-state index is -0.939. The Bertz CT molecular complexity index is 1250. The first-order valence-corrected chi connectivity index (χ1v) is 8.98. The molecule has 4 rings (SSSR count). The Labute approximate surface area is 170 Å². The summed E-state index contributed by atoms with van der Waals surface area (Å²) >= 11 is 0. The Kier molecular flexibility index (Phi) is 5.22. The first kappa shape index (κ1) is 19.3. The molecule has 0 aromatic heterocycles. The summed E-state index contributed by atoms with van der Waals surface area (Å²) in [5, 5.41) is 1.88. The third kappa shape index (κ3) is 4.17. The van der Waals surface area contributed by atoms with Gasteiger partial charge in [-0.3, -0.25) is 0 Å². The van der Waals surface area contributed by atoms with E-state index < -0.39 is 23.6 Å². The smallest absolute Gasteiger partial charge is 0.344 e. The zero-order valence-electron chi connectivity index (χ0n) is 15.5. The predicted octanol–water partition coefficient (Wildman–Crippen LogP) is 5.56. The summed E-state index contributed by atoms with van der Waals surface area (Å²) in [6.45, 7) is 0. The molecule has 0 bridgehead atoms. The van der Waals surface area contributed by atoms with E-state index in [-0.39, 0.29) is 16.9 Å². The molecule has 148 valence electrons. The van der Waals surface area contributed by atoms with Gasteiger partial charge in [0.25, 0.3) is 0 Å². The second kappa shape index (κ2) is 8.13. The van der Waals surface area contributed by atoms with Crippen molar-refractivity contribution >= 4 is 22.7 Å². The molecule has 4 aromatic carbocycles. The fourth-order valence-corrected chi connectivity index (χ4v) is 2.98. The molecule has 0 radical (unpaired) electrons. The molecule has 4 nitrogen and oxygen atoms in total. The molecule has 0 heterocycles. The number of rotatable bonds is 4. The Morgan fingerprint density at radius 2 is 1.10 bits per heavy atom. The average Bonchev–Trinajstić information content (AvgIpc) is 2.73. The molecule has 0 unspecified atom stereocenters. The summed E-state index contributed by atoms with van der Waals surface area (Å²) in [4.78, 5) is 25.2. The van der Waals surface area contributed by atoms with Gasteiger partial charge in [-0.1, -0.05) is 42.5 Å². The minimum absolute atomic E-state index is 0.0347. The lowest BCUT2D eigenvalue weighted by Gasteiger charge is -2.10. The van der Waals surface area contributed by atoms with Gasteiger partial charge < -0.3 is 9.47 Å². The highest BCUT2D eigenvalue weighted by Crippen LogP contribution is 2.23. The van der Waals surface area contributed by atoms with E-state index in [9.17, 15) is 18.4 Å². The van der Waals surface area contributed by atoms with Crippen LogP contribution in [0.3, 0.4) is 0 Å². The highest BCUT2D eigenvalue weighted by Gasteiger charge is 2.20. The van der Waals surface area contributed by atoms with Crippen molar-refractivity contribution in [2.24, 2.45) is 0 Å². The lowest BCUT2D eigenvalue weighted by Crippen LogP contribution is -2.17. The molecule has 0 fully saturated rings. The maximum atomic E-state index is 13.3. The number of carbonyl (C=O) groups excluding carboxylic acids is 2. The Balaban J connectivity index is 1.58. The van der Waals surface area contributed by atoms with Gasteiger partial charge in [0.15, 0.2) is 0 Å². The van der Waals surface area contributed by atoms with Crippen LogP contribution in [0.4, 0.5) is 8.78 Å². The average molecular weight is 404 g/mol. The molecule has 0 atom stereocenters. The third-order valence-electron chi connectivity index (χ3n) is 4.34. The lowest BCUT2D eigenvalue weighted by molar-refractivity contribution is 0.0691. The second-order valence-electron chi connectivity index (χ2n) is 6.44. The Morgan fingerprint density at radius 3 is 1.73 bits per heavy atom. The number of carbonyl (C=O) groups is 2. The molecule has 30 heavy (non-hydrogen) atoms. The van der Waals surface area contributed by atoms with Crippen LogP contribution in [0, 0.1) is 11.6 Å². The van der Waals surface area contributed by atoms with Gasteiger partial charge in [-0.05, 0) is 35.0 Å². The van der Waals surface area contributed by atoms with E-state index in [1.54, 1.807) is 18.2 Å². The second-order valence-corrected chi connectivity index (χ2v) is 6.44. The molecular formula is C24H14F2O4. The van der Waals surface area contributed by atoms with E-state index in [1.165, 1.54) is 18.2 Å². The summed E-state index contributed by atoms with van der Waals surface area (Å²) < 4.78 is 37.1. The van der Waals surface area contributed by atoms with Crippen molar-refractivity contribution in [3.05, 3.63) is 108 Å². The summed E-state index contributed by atoms with van der Waals surface area (Å²) in [7, 11) is 0. The van der Waals surface area contributed by atoms with Crippen LogP contribution in [0.2, 0.25) is 0 Å². The van der Waals surface area contributed by atoms with E-state index in [2.05, 4.69) is 0 Å². The topological polar surface area (TPSA) is 52.6 Å². The molecule has 0 aliphatic carbocycles. The molecular weight excluding hydrogens is 390 g/mol. The van der Waals surface area contributed by atoms with Gasteiger partial charge in [0.05, 0.1) is 11.1 Å². The van der Waals surface area contributed by atoms with Gasteiger partial charge in [0.1, 0.15) is 23.1 Å². The first-order valence-electron chi connectivity index (χ1n) is 8.98. The minimum Gasteiger partial charge on any atom is -0.423 e. The van der Waals surface area contributed by atoms with E-state index in [0.717, 1.165) is 22.9 Å². The fraction of sp³-hybridized carbons (Fsp3) is 0. The monoisotopic (exact) mass is 404 g/mol. The number of halogens is 2. The van der Waals surface area contributed by atoms with Crippen LogP contribution >= 0.6 is 0 Å². The standard InChI is InChI=1S/C24H14F2O4/c25-17-12-18(26)14-20(13-17)30-24(28)22-8-4-3-7-21(22)23(27)29-19-10-9-15-5-1-2-6-16(15)11-19/h1-14H. The SMILES string of the molecule is O=C(Oc1cc(F)cc(F)c1)c1ccccc1C(=O)Oc1ccc2ccccc2c1. The number of fused-ring (bicyclic) bond motifs is 1. The van der Waals surface area contributed by atoms with Gasteiger partial charge in [0, 0.05) is 18.2 Å². The van der Waals surface area contributed by atoms with Crippen LogP contribution in [0.5, 0.6) is 11.5 Å². The van der Waals surface area contributed by atoms with Crippen LogP contribution in [-0.2, 0) is 0 Å². The zero-order valence-corrected chi connectivity index (χ0v) is 15.5. The van der Waals surface area contributed by atoms with Crippen molar-refractivity contribution in [2.75, 3.05) is 0 Å². The lowest BCUT2D eigenvalue weighted by atomic mass is 10.1. The van der Waals surface area contributed by atoms with Crippen LogP contribution in [0.1, 0.15) is 20.7 Å². The maximum Gasteiger partial charge on any atom is 0.344 e. The molecule has 0 amide bonds. The normalized spacial score (nSPS) is 10.6. The Morgan fingerprint density at radius 1 is 0.567 bits per heavy atom. The van der Waals surface area contributed by atoms with Crippen molar-refractivity contribution in [1.82, 2.24) is 0 Å². The largest absolute Gasteiger partial charge is 0.423 e. The van der Waals surface area contributed by atoms with Gasteiger partial charge >= 0.3 is 11.9 Å². The fourth-order valence-electron chi connectivity index (χ4n) is 2.98. The highest BCUT2D eigenvalue weighted by atomic mass is 19.1. The van der Waals surface area contributed by atoms with E-state index >= 15 is 0 Å². The molecule has 0 aliphatic heterocycles. The molecule has 0 saturated carbocycles. The predicted molar refractivity (Wildman–Crippen MR) is 107 cm³/mol. The Hall–Kier alpha value is -4.06. The van der Waals surface area contributed by atoms with Crippen molar-refractivity contribution in [1.29, 1.82) is 0 Å². The van der Waals surface area contributed by atoms with Gasteiger partial charge in [0.2, 0.25) is 0 Å². The van der Waals surface area contributed by atoms with Crippen molar-refractivity contribution in [3.8, 4) is 11.5 Å². The number of hydrogen-bond donors (Lipinski definition) is 0. The molecule has 4 aromatic rings. The van der Waals surface area contributed by atoms with Crippen LogP contribution < -0.4 is 9.47 Å². The highest BCUT2D eigenvalue weighted by molar-refractivity contribution is 6.04. The summed E-state index contributed by atoms with van der Waals surface area (Å²) in [6, 6.07) is 21.1. The van der Waals surface area contributed by atoms with E-state index in [1.807, 2.05) is 30.3 Å². The van der Waals surface area contributed by atoms with Crippen molar-refractivity contribution in [2.45, 2.75) is 0 Å². The first-order chi connectivity index (χ1) is 14.5. The quantitative estimate of drug-likeness (QED) is 0.330. The van der Waals surface area contributed by atoms with Crippen molar-refractivity contribution in [3.63, 3.8) is 0 Å². The number of esters is 2. The summed E-state index contributed by atoms with van der Waals surface area (Å²) in [5.41, 5.74) is -0.125. The molecule has 0 spiro atoms. The summed E-state index contributed by atoms with van der Waals surface area (Å²) in [6.07, 6.45) is 0. The third-order valence-corrected chi connectivity index (χ3v) is 4.34.